The average Bonchev–Trinajstić information content (AvgIpc) is 3.14. The van der Waals surface area contributed by atoms with Crippen molar-refractivity contribution in [3.63, 3.8) is 0 Å². The Labute approximate surface area is 164 Å². The summed E-state index contributed by atoms with van der Waals surface area (Å²) in [5.41, 5.74) is 4.10. The van der Waals surface area contributed by atoms with Crippen LogP contribution in [0.2, 0.25) is 0 Å². The molecule has 1 aromatic carbocycles. The van der Waals surface area contributed by atoms with Crippen molar-refractivity contribution in [2.45, 2.75) is 25.7 Å². The van der Waals surface area contributed by atoms with Gasteiger partial charge in [-0.05, 0) is 36.8 Å². The van der Waals surface area contributed by atoms with Crippen LogP contribution in [-0.2, 0) is 14.4 Å². The summed E-state index contributed by atoms with van der Waals surface area (Å²) in [6, 6.07) is 10.1. The second-order valence-electron chi connectivity index (χ2n) is 6.75. The summed E-state index contributed by atoms with van der Waals surface area (Å²) in [6.07, 6.45) is 6.87. The van der Waals surface area contributed by atoms with Crippen molar-refractivity contribution in [3.05, 3.63) is 66.0 Å². The Hall–Kier alpha value is -2.45. The highest BCUT2D eigenvalue weighted by Crippen LogP contribution is 2.39. The first-order valence-corrected chi connectivity index (χ1v) is 9.48. The molecule has 2 N–H and O–H groups in total. The minimum Gasteiger partial charge on any atom is -0.465 e. The van der Waals surface area contributed by atoms with Crippen molar-refractivity contribution >= 4 is 11.5 Å². The largest absolute Gasteiger partial charge is 0.465 e. The first-order valence-electron chi connectivity index (χ1n) is 9.48. The van der Waals surface area contributed by atoms with Gasteiger partial charge >= 0.3 is 5.97 Å². The van der Waals surface area contributed by atoms with Crippen molar-refractivity contribution in [1.82, 2.24) is 10.3 Å². The number of carbonyl (C=O) groups excluding carboxylic acids is 1. The van der Waals surface area contributed by atoms with Crippen LogP contribution in [-0.4, -0.2) is 46.4 Å². The maximum absolute atomic E-state index is 12.5. The molecule has 1 aromatic rings. The fourth-order valence-corrected chi connectivity index (χ4v) is 3.57. The maximum atomic E-state index is 12.5. The minimum atomic E-state index is -0.316. The molecule has 7 nitrogen and oxygen atoms in total. The molecule has 1 atom stereocenters. The molecule has 0 radical (unpaired) electrons. The lowest BCUT2D eigenvalue weighted by atomic mass is 9.98. The van der Waals surface area contributed by atoms with Crippen LogP contribution in [0.1, 0.15) is 31.2 Å². The molecule has 28 heavy (non-hydrogen) atoms. The second-order valence-corrected chi connectivity index (χ2v) is 6.75. The van der Waals surface area contributed by atoms with E-state index in [0.29, 0.717) is 12.8 Å². The van der Waals surface area contributed by atoms with Crippen molar-refractivity contribution in [2.75, 3.05) is 19.8 Å². The van der Waals surface area contributed by atoms with Gasteiger partial charge in [-0.3, -0.25) is 20.0 Å². The third-order valence-electron chi connectivity index (χ3n) is 4.94. The molecular weight excluding hydrogens is 360 g/mol. The van der Waals surface area contributed by atoms with Crippen molar-refractivity contribution in [2.24, 2.45) is 5.92 Å². The molecule has 3 rings (SSSR count). The van der Waals surface area contributed by atoms with Gasteiger partial charge in [0.25, 0.3) is 0 Å². The van der Waals surface area contributed by atoms with Crippen LogP contribution in [0, 0.1) is 5.92 Å². The number of fused-ring (bicyclic) bond motifs is 1. The van der Waals surface area contributed by atoms with E-state index in [0.717, 1.165) is 41.9 Å². The fraction of sp³-hybridized carbons (Fsp3) is 0.381. The number of hydrogen-bond donors (Lipinski definition) is 2. The summed E-state index contributed by atoms with van der Waals surface area (Å²) in [7, 11) is 0. The summed E-state index contributed by atoms with van der Waals surface area (Å²) in [5, 5.41) is 16.6. The molecule has 1 unspecified atom stereocenters. The third-order valence-corrected chi connectivity index (χ3v) is 4.94. The Balaban J connectivity index is 1.53. The molecule has 2 heterocycles. The molecule has 7 heteroatoms. The Bertz CT molecular complexity index is 757. The van der Waals surface area contributed by atoms with Gasteiger partial charge in [-0.1, -0.05) is 49.1 Å². The van der Waals surface area contributed by atoms with Gasteiger partial charge in [0.1, 0.15) is 0 Å². The molecule has 1 fully saturated rings. The molecule has 2 aliphatic heterocycles. The maximum Gasteiger partial charge on any atom is 0.314 e. The van der Waals surface area contributed by atoms with Crippen LogP contribution in [0.3, 0.4) is 0 Å². The van der Waals surface area contributed by atoms with E-state index >= 15 is 0 Å². The Morgan fingerprint density at radius 3 is 2.68 bits per heavy atom. The molecule has 0 saturated carbocycles. The highest BCUT2D eigenvalue weighted by molar-refractivity contribution is 5.80. The highest BCUT2D eigenvalue weighted by atomic mass is 17.1. The van der Waals surface area contributed by atoms with E-state index in [1.165, 1.54) is 0 Å². The number of nitrogens with zero attached hydrogens (tertiary/aromatic N) is 2. The quantitative estimate of drug-likeness (QED) is 0.382. The number of allylic oxidation sites excluding steroid dienone is 3. The van der Waals surface area contributed by atoms with Crippen molar-refractivity contribution in [3.8, 4) is 0 Å². The molecule has 0 bridgehead atoms. The number of carbonyl (C=O) groups is 1. The monoisotopic (exact) mass is 386 g/mol. The van der Waals surface area contributed by atoms with Crippen LogP contribution < -0.4 is 0 Å². The topological polar surface area (TPSA) is 82.5 Å². The molecule has 150 valence electrons. The van der Waals surface area contributed by atoms with Crippen LogP contribution >= 0.6 is 0 Å². The van der Waals surface area contributed by atoms with Gasteiger partial charge in [-0.2, -0.15) is 0 Å². The van der Waals surface area contributed by atoms with E-state index in [1.807, 2.05) is 30.3 Å². The van der Waals surface area contributed by atoms with Gasteiger partial charge in [0.15, 0.2) is 0 Å². The van der Waals surface area contributed by atoms with E-state index in [-0.39, 0.29) is 30.5 Å². The third kappa shape index (κ3) is 4.88. The molecule has 0 amide bonds. The van der Waals surface area contributed by atoms with E-state index in [1.54, 1.807) is 0 Å². The molecular formula is C21H26N2O5. The lowest BCUT2D eigenvalue weighted by Gasteiger charge is -2.29. The van der Waals surface area contributed by atoms with Crippen molar-refractivity contribution in [1.29, 1.82) is 0 Å². The van der Waals surface area contributed by atoms with Gasteiger partial charge in [0.05, 0.1) is 24.5 Å². The number of benzene rings is 1. The predicted octanol–water partition coefficient (Wildman–Crippen LogP) is 3.53. The minimum absolute atomic E-state index is 0.142. The molecule has 0 aliphatic carbocycles. The summed E-state index contributed by atoms with van der Waals surface area (Å²) in [5.74, 6) is -0.471. The standard InChI is InChI=1S/C21H26N2O5/c1-16(17-8-3-2-4-9-17)19-10-7-11-20-18(12-13-22(19)20)21(24)27-14-5-6-15-28-23(25)26/h2-4,8-11,18,25-26H,1,5-7,12-15H2. The normalized spacial score (nSPS) is 18.5. The molecule has 0 aromatic heterocycles. The highest BCUT2D eigenvalue weighted by Gasteiger charge is 2.37. The molecule has 1 saturated heterocycles. The van der Waals surface area contributed by atoms with Crippen LogP contribution in [0.15, 0.2) is 60.5 Å². The van der Waals surface area contributed by atoms with Crippen molar-refractivity contribution < 1.29 is 24.8 Å². The molecule has 0 spiro atoms. The SMILES string of the molecule is C=C(C1=CCC=C2C(C(=O)OCCCCON(O)O)CCN12)c1ccccc1. The summed E-state index contributed by atoms with van der Waals surface area (Å²) in [4.78, 5) is 19.2. The van der Waals surface area contributed by atoms with E-state index in [9.17, 15) is 4.79 Å². The van der Waals surface area contributed by atoms with Gasteiger partial charge in [0, 0.05) is 17.9 Å². The van der Waals surface area contributed by atoms with Gasteiger partial charge < -0.3 is 9.64 Å². The van der Waals surface area contributed by atoms with Gasteiger partial charge in [-0.15, -0.1) is 0 Å². The second kappa shape index (κ2) is 9.66. The zero-order valence-electron chi connectivity index (χ0n) is 15.8. The fourth-order valence-electron chi connectivity index (χ4n) is 3.57. The van der Waals surface area contributed by atoms with E-state index < -0.39 is 0 Å². The average molecular weight is 386 g/mol. The first kappa shape index (κ1) is 20.3. The Morgan fingerprint density at radius 2 is 1.93 bits per heavy atom. The van der Waals surface area contributed by atoms with E-state index in [2.05, 4.69) is 28.5 Å². The zero-order valence-corrected chi connectivity index (χ0v) is 15.8. The van der Waals surface area contributed by atoms with Crippen LogP contribution in [0.5, 0.6) is 0 Å². The zero-order chi connectivity index (χ0) is 19.9. The smallest absolute Gasteiger partial charge is 0.314 e. The summed E-state index contributed by atoms with van der Waals surface area (Å²) in [6.45, 7) is 5.45. The van der Waals surface area contributed by atoms with Crippen LogP contribution in [0.25, 0.3) is 5.57 Å². The number of ether oxygens (including phenoxy) is 1. The Kier molecular flexibility index (Phi) is 7.00. The number of esters is 1. The number of rotatable bonds is 9. The van der Waals surface area contributed by atoms with Gasteiger partial charge in [-0.25, -0.2) is 0 Å². The first-order chi connectivity index (χ1) is 13.6. The lowest BCUT2D eigenvalue weighted by Crippen LogP contribution is -2.25. The summed E-state index contributed by atoms with van der Waals surface area (Å²) < 4.78 is 5.42. The Morgan fingerprint density at radius 1 is 1.18 bits per heavy atom. The number of unbranched alkanes of at least 4 members (excludes halogenated alkanes) is 1. The summed E-state index contributed by atoms with van der Waals surface area (Å²) >= 11 is 0. The van der Waals surface area contributed by atoms with Gasteiger partial charge in [0.2, 0.25) is 0 Å². The predicted molar refractivity (Wildman–Crippen MR) is 103 cm³/mol. The lowest BCUT2D eigenvalue weighted by molar-refractivity contribution is -0.492. The van der Waals surface area contributed by atoms with E-state index in [4.69, 9.17) is 15.2 Å². The number of hydrogen-bond acceptors (Lipinski definition) is 7. The molecule has 2 aliphatic rings. The van der Waals surface area contributed by atoms with Crippen LogP contribution in [0.4, 0.5) is 0 Å².